The van der Waals surface area contributed by atoms with Crippen LogP contribution >= 0.6 is 11.3 Å². The Balaban J connectivity index is 1.69. The smallest absolute Gasteiger partial charge is 0.191 e. The Kier molecular flexibility index (Phi) is 6.33. The average Bonchev–Trinajstić information content (AvgIpc) is 2.85. The molecule has 0 saturated carbocycles. The van der Waals surface area contributed by atoms with E-state index < -0.39 is 0 Å². The maximum Gasteiger partial charge on any atom is 0.191 e. The number of aromatic nitrogens is 2. The summed E-state index contributed by atoms with van der Waals surface area (Å²) in [5.74, 6) is 0.820. The van der Waals surface area contributed by atoms with E-state index in [2.05, 4.69) is 39.4 Å². The van der Waals surface area contributed by atoms with E-state index in [0.717, 1.165) is 43.3 Å². The van der Waals surface area contributed by atoms with Gasteiger partial charge < -0.3 is 10.6 Å². The fraction of sp³-hybridized carbons (Fsp3) is 0.438. The first-order chi connectivity index (χ1) is 10.7. The van der Waals surface area contributed by atoms with Gasteiger partial charge in [-0.1, -0.05) is 6.07 Å². The molecular weight excluding hydrogens is 294 g/mol. The predicted molar refractivity (Wildman–Crippen MR) is 92.6 cm³/mol. The highest BCUT2D eigenvalue weighted by molar-refractivity contribution is 7.11. The fourth-order valence-electron chi connectivity index (χ4n) is 2.01. The van der Waals surface area contributed by atoms with Gasteiger partial charge in [-0.15, -0.1) is 11.3 Å². The molecule has 22 heavy (non-hydrogen) atoms. The van der Waals surface area contributed by atoms with Crippen molar-refractivity contribution in [2.24, 2.45) is 4.99 Å². The molecule has 118 valence electrons. The molecule has 0 bridgehead atoms. The van der Waals surface area contributed by atoms with E-state index in [-0.39, 0.29) is 0 Å². The highest BCUT2D eigenvalue weighted by atomic mass is 32.1. The van der Waals surface area contributed by atoms with Crippen LogP contribution in [0.4, 0.5) is 0 Å². The Hall–Kier alpha value is -1.95. The van der Waals surface area contributed by atoms with E-state index in [1.165, 1.54) is 9.88 Å². The second-order valence-corrected chi connectivity index (χ2v) is 6.28. The summed E-state index contributed by atoms with van der Waals surface area (Å²) in [6, 6.07) is 5.97. The molecule has 0 aliphatic carbocycles. The van der Waals surface area contributed by atoms with Gasteiger partial charge in [0.25, 0.3) is 0 Å². The zero-order valence-corrected chi connectivity index (χ0v) is 14.2. The second kappa shape index (κ2) is 8.48. The number of aryl methyl sites for hydroxylation is 2. The predicted octanol–water partition coefficient (Wildman–Crippen LogP) is 2.11. The largest absolute Gasteiger partial charge is 0.356 e. The topological polar surface area (TPSA) is 62.2 Å². The molecule has 0 aliphatic heterocycles. The van der Waals surface area contributed by atoms with Crippen molar-refractivity contribution in [1.29, 1.82) is 0 Å². The molecule has 0 aliphatic rings. The highest BCUT2D eigenvalue weighted by Gasteiger charge is 2.04. The van der Waals surface area contributed by atoms with Crippen LogP contribution in [0, 0.1) is 13.8 Å². The molecule has 6 heteroatoms. The summed E-state index contributed by atoms with van der Waals surface area (Å²) in [6.45, 7) is 5.81. The van der Waals surface area contributed by atoms with E-state index in [1.54, 1.807) is 18.4 Å². The van der Waals surface area contributed by atoms with E-state index >= 15 is 0 Å². The molecule has 2 aromatic heterocycles. The van der Waals surface area contributed by atoms with Crippen LogP contribution in [-0.2, 0) is 12.8 Å². The molecule has 0 fully saturated rings. The first-order valence-electron chi connectivity index (χ1n) is 7.46. The quantitative estimate of drug-likeness (QED) is 0.633. The first kappa shape index (κ1) is 16.4. The number of rotatable bonds is 6. The average molecular weight is 317 g/mol. The Labute approximate surface area is 135 Å². The third-order valence-electron chi connectivity index (χ3n) is 3.33. The number of pyridine rings is 1. The van der Waals surface area contributed by atoms with E-state index in [4.69, 9.17) is 0 Å². The molecule has 0 unspecified atom stereocenters. The minimum Gasteiger partial charge on any atom is -0.356 e. The standard InChI is InChI=1S/C16H23N5S/c1-12-13(2)22-15(21-12)8-11-20-16(17-3)19-10-7-14-6-4-5-9-18-14/h4-6,9H,7-8,10-11H2,1-3H3,(H2,17,19,20). The lowest BCUT2D eigenvalue weighted by atomic mass is 10.3. The molecule has 0 atom stereocenters. The molecule has 0 aromatic carbocycles. The first-order valence-corrected chi connectivity index (χ1v) is 8.28. The summed E-state index contributed by atoms with van der Waals surface area (Å²) >= 11 is 1.77. The SMILES string of the molecule is CN=C(NCCc1ccccn1)NCCc1nc(C)c(C)s1. The van der Waals surface area contributed by atoms with Gasteiger partial charge in [0, 0.05) is 49.7 Å². The Morgan fingerprint density at radius 2 is 1.95 bits per heavy atom. The van der Waals surface area contributed by atoms with E-state index in [9.17, 15) is 0 Å². The van der Waals surface area contributed by atoms with Crippen LogP contribution < -0.4 is 10.6 Å². The van der Waals surface area contributed by atoms with Gasteiger partial charge in [-0.2, -0.15) is 0 Å². The van der Waals surface area contributed by atoms with E-state index in [1.807, 2.05) is 24.4 Å². The zero-order chi connectivity index (χ0) is 15.8. The van der Waals surface area contributed by atoms with Crippen molar-refractivity contribution in [3.8, 4) is 0 Å². The van der Waals surface area contributed by atoms with Crippen molar-refractivity contribution in [1.82, 2.24) is 20.6 Å². The number of hydrogen-bond donors (Lipinski definition) is 2. The normalized spacial score (nSPS) is 11.5. The molecule has 0 radical (unpaired) electrons. The Morgan fingerprint density at radius 1 is 1.18 bits per heavy atom. The maximum absolute atomic E-state index is 4.54. The third kappa shape index (κ3) is 5.11. The van der Waals surface area contributed by atoms with Gasteiger partial charge in [0.05, 0.1) is 10.7 Å². The van der Waals surface area contributed by atoms with Crippen molar-refractivity contribution in [2.45, 2.75) is 26.7 Å². The van der Waals surface area contributed by atoms with Crippen molar-refractivity contribution < 1.29 is 0 Å². The summed E-state index contributed by atoms with van der Waals surface area (Å²) in [6.07, 6.45) is 3.62. The van der Waals surface area contributed by atoms with Crippen LogP contribution in [0.2, 0.25) is 0 Å². The molecule has 2 heterocycles. The van der Waals surface area contributed by atoms with Gasteiger partial charge >= 0.3 is 0 Å². The van der Waals surface area contributed by atoms with Gasteiger partial charge in [-0.25, -0.2) is 4.98 Å². The maximum atomic E-state index is 4.54. The molecular formula is C16H23N5S. The molecule has 0 saturated heterocycles. The van der Waals surface area contributed by atoms with Gasteiger partial charge in [0.1, 0.15) is 0 Å². The number of nitrogens with zero attached hydrogens (tertiary/aromatic N) is 3. The van der Waals surface area contributed by atoms with Gasteiger partial charge in [0.2, 0.25) is 0 Å². The lowest BCUT2D eigenvalue weighted by Gasteiger charge is -2.11. The minimum atomic E-state index is 0.812. The molecule has 2 N–H and O–H groups in total. The second-order valence-electron chi connectivity index (χ2n) is 5.00. The summed E-state index contributed by atoms with van der Waals surface area (Å²) in [7, 11) is 1.79. The number of aliphatic imine (C=N–C) groups is 1. The summed E-state index contributed by atoms with van der Waals surface area (Å²) in [4.78, 5) is 14.4. The highest BCUT2D eigenvalue weighted by Crippen LogP contribution is 2.16. The summed E-state index contributed by atoms with van der Waals surface area (Å²) in [5.41, 5.74) is 2.22. The fourth-order valence-corrected chi connectivity index (χ4v) is 2.94. The third-order valence-corrected chi connectivity index (χ3v) is 4.46. The molecule has 5 nitrogen and oxygen atoms in total. The molecule has 2 rings (SSSR count). The number of nitrogens with one attached hydrogen (secondary N) is 2. The number of hydrogen-bond acceptors (Lipinski definition) is 4. The summed E-state index contributed by atoms with van der Waals surface area (Å²) in [5, 5.41) is 7.79. The Morgan fingerprint density at radius 3 is 2.55 bits per heavy atom. The van der Waals surface area contributed by atoms with Gasteiger partial charge in [-0.3, -0.25) is 9.98 Å². The molecule has 0 amide bonds. The lowest BCUT2D eigenvalue weighted by Crippen LogP contribution is -2.39. The molecule has 2 aromatic rings. The van der Waals surface area contributed by atoms with E-state index in [0.29, 0.717) is 0 Å². The van der Waals surface area contributed by atoms with Crippen LogP contribution in [-0.4, -0.2) is 36.1 Å². The van der Waals surface area contributed by atoms with Gasteiger partial charge in [-0.05, 0) is 26.0 Å². The minimum absolute atomic E-state index is 0.812. The Bertz CT molecular complexity index is 587. The van der Waals surface area contributed by atoms with Crippen LogP contribution in [0.25, 0.3) is 0 Å². The lowest BCUT2D eigenvalue weighted by molar-refractivity contribution is 0.774. The van der Waals surface area contributed by atoms with Crippen LogP contribution in [0.15, 0.2) is 29.4 Å². The summed E-state index contributed by atoms with van der Waals surface area (Å²) < 4.78 is 0. The number of thiazole rings is 1. The van der Waals surface area contributed by atoms with Crippen molar-refractivity contribution in [2.75, 3.05) is 20.1 Å². The zero-order valence-electron chi connectivity index (χ0n) is 13.4. The van der Waals surface area contributed by atoms with Crippen molar-refractivity contribution in [3.05, 3.63) is 45.7 Å². The van der Waals surface area contributed by atoms with Crippen LogP contribution in [0.3, 0.4) is 0 Å². The number of guanidine groups is 1. The van der Waals surface area contributed by atoms with Crippen molar-refractivity contribution >= 4 is 17.3 Å². The molecule has 0 spiro atoms. The van der Waals surface area contributed by atoms with Gasteiger partial charge in [0.15, 0.2) is 5.96 Å². The van der Waals surface area contributed by atoms with Crippen LogP contribution in [0.5, 0.6) is 0 Å². The van der Waals surface area contributed by atoms with Crippen LogP contribution in [0.1, 0.15) is 21.3 Å². The monoisotopic (exact) mass is 317 g/mol. The van der Waals surface area contributed by atoms with Crippen molar-refractivity contribution in [3.63, 3.8) is 0 Å².